The number of hydrogen-bond acceptors (Lipinski definition) is 0. The molecule has 1 heteroatoms. The zero-order valence-electron chi connectivity index (χ0n) is 11.9. The summed E-state index contributed by atoms with van der Waals surface area (Å²) in [5.74, 6) is 1.59. The minimum atomic E-state index is 0. The predicted octanol–water partition coefficient (Wildman–Crippen LogP) is 4.41. The molecule has 0 unspecified atom stereocenters. The maximum absolute atomic E-state index is 2.41. The van der Waals surface area contributed by atoms with Crippen molar-refractivity contribution in [2.75, 3.05) is 0 Å². The molecule has 0 saturated carbocycles. The van der Waals surface area contributed by atoms with Crippen molar-refractivity contribution in [1.29, 1.82) is 0 Å². The van der Waals surface area contributed by atoms with E-state index in [0.717, 1.165) is 6.42 Å². The van der Waals surface area contributed by atoms with E-state index >= 15 is 0 Å². The number of rotatable bonds is 0. The van der Waals surface area contributed by atoms with Crippen LogP contribution in [0.25, 0.3) is 0 Å². The molecule has 17 heavy (non-hydrogen) atoms. The first kappa shape index (κ1) is 15.3. The van der Waals surface area contributed by atoms with Crippen molar-refractivity contribution in [3.63, 3.8) is 0 Å². The molecule has 0 heterocycles. The Morgan fingerprint density at radius 2 is 1.76 bits per heavy atom. The predicted molar refractivity (Wildman–Crippen MR) is 70.8 cm³/mol. The minimum Gasteiger partial charge on any atom is -0.303 e. The maximum atomic E-state index is 2.41. The second kappa shape index (κ2) is 4.75. The minimum absolute atomic E-state index is 0. The van der Waals surface area contributed by atoms with E-state index in [4.69, 9.17) is 0 Å². The molecule has 1 aliphatic carbocycles. The topological polar surface area (TPSA) is 0 Å². The molecular weight excluding hydrogens is 430 g/mol. The van der Waals surface area contributed by atoms with E-state index in [1.807, 2.05) is 0 Å². The van der Waals surface area contributed by atoms with Crippen molar-refractivity contribution < 1.29 is 31.1 Å². The van der Waals surface area contributed by atoms with Crippen LogP contribution in [0.2, 0.25) is 0 Å². The van der Waals surface area contributed by atoms with E-state index in [1.165, 1.54) is 16.7 Å². The zero-order valence-corrected chi connectivity index (χ0v) is 16.1. The summed E-state index contributed by atoms with van der Waals surface area (Å²) in [6, 6.07) is 7.05. The van der Waals surface area contributed by atoms with Crippen LogP contribution >= 0.6 is 0 Å². The molecule has 0 aromatic heterocycles. The van der Waals surface area contributed by atoms with Crippen LogP contribution in [0.15, 0.2) is 18.2 Å². The van der Waals surface area contributed by atoms with Gasteiger partial charge in [-0.3, -0.25) is 0 Å². The second-order valence-electron chi connectivity index (χ2n) is 6.70. The summed E-state index contributed by atoms with van der Waals surface area (Å²) in [6.45, 7) is 13.8. The molecule has 0 fully saturated rings. The first-order valence-corrected chi connectivity index (χ1v) is 6.20. The first-order valence-electron chi connectivity index (χ1n) is 6.20. The van der Waals surface area contributed by atoms with Crippen molar-refractivity contribution >= 4 is 0 Å². The van der Waals surface area contributed by atoms with Gasteiger partial charge >= 0.3 is 31.1 Å². The molecule has 0 saturated heterocycles. The Bertz CT molecular complexity index is 410. The Balaban J connectivity index is 0.00000144. The molecule has 1 aliphatic rings. The van der Waals surface area contributed by atoms with Crippen LogP contribution in [0.1, 0.15) is 58.2 Å². The van der Waals surface area contributed by atoms with Crippen molar-refractivity contribution in [1.82, 2.24) is 0 Å². The maximum Gasteiger partial charge on any atom is 2.00 e. The fraction of sp³-hybridized carbons (Fsp3) is 0.562. The standard InChI is InChI=1S/C16H23.U/c1-11-9-12-10-13(15(2,3)4)7-8-14(12)16(11,5)6;/h7-8,10H,9H2,1-6H3;/q-1;+2. The summed E-state index contributed by atoms with van der Waals surface area (Å²) in [6.07, 6.45) is 1.16. The molecule has 1 aromatic rings. The van der Waals surface area contributed by atoms with E-state index in [-0.39, 0.29) is 41.9 Å². The van der Waals surface area contributed by atoms with Gasteiger partial charge < -0.3 is 5.92 Å². The van der Waals surface area contributed by atoms with Gasteiger partial charge in [-0.2, -0.15) is 13.3 Å². The van der Waals surface area contributed by atoms with Crippen LogP contribution in [0.4, 0.5) is 0 Å². The third-order valence-electron chi connectivity index (χ3n) is 4.17. The molecule has 0 spiro atoms. The number of benzene rings is 1. The Hall–Kier alpha value is 0.272. The van der Waals surface area contributed by atoms with Crippen LogP contribution in [0, 0.1) is 37.0 Å². The van der Waals surface area contributed by atoms with Crippen LogP contribution in [-0.4, -0.2) is 0 Å². The van der Waals surface area contributed by atoms with Crippen molar-refractivity contribution in [3.05, 3.63) is 40.8 Å². The third kappa shape index (κ3) is 2.66. The Labute approximate surface area is 130 Å². The molecule has 0 bridgehead atoms. The van der Waals surface area contributed by atoms with Gasteiger partial charge in [0.05, 0.1) is 0 Å². The Kier molecular flexibility index (Phi) is 4.28. The van der Waals surface area contributed by atoms with Crippen molar-refractivity contribution in [2.24, 2.45) is 0 Å². The SMILES string of the molecule is C[C-]1Cc2cc(C(C)(C)C)ccc2C1(C)C.[U+2]. The van der Waals surface area contributed by atoms with E-state index in [0.29, 0.717) is 0 Å². The number of fused-ring (bicyclic) bond motifs is 1. The first-order chi connectivity index (χ1) is 7.23. The summed E-state index contributed by atoms with van der Waals surface area (Å²) in [4.78, 5) is 0. The van der Waals surface area contributed by atoms with Crippen LogP contribution in [0.3, 0.4) is 0 Å². The van der Waals surface area contributed by atoms with E-state index in [1.54, 1.807) is 5.92 Å². The largest absolute Gasteiger partial charge is 2.00 e. The van der Waals surface area contributed by atoms with E-state index in [9.17, 15) is 0 Å². The normalized spacial score (nSPS) is 18.7. The summed E-state index contributed by atoms with van der Waals surface area (Å²) in [5, 5.41) is 0. The van der Waals surface area contributed by atoms with Gasteiger partial charge in [0.15, 0.2) is 0 Å². The molecule has 2 rings (SSSR count). The quantitative estimate of drug-likeness (QED) is 0.511. The monoisotopic (exact) mass is 453 g/mol. The van der Waals surface area contributed by atoms with Crippen molar-refractivity contribution in [2.45, 2.75) is 58.8 Å². The van der Waals surface area contributed by atoms with Crippen LogP contribution < -0.4 is 0 Å². The molecule has 1 aromatic carbocycles. The molecule has 0 aliphatic heterocycles. The van der Waals surface area contributed by atoms with Gasteiger partial charge in [-0.25, -0.2) is 0 Å². The van der Waals surface area contributed by atoms with Gasteiger partial charge in [0.25, 0.3) is 0 Å². The molecule has 0 radical (unpaired) electrons. The van der Waals surface area contributed by atoms with E-state index < -0.39 is 0 Å². The second-order valence-corrected chi connectivity index (χ2v) is 6.70. The summed E-state index contributed by atoms with van der Waals surface area (Å²) >= 11 is 0. The van der Waals surface area contributed by atoms with Gasteiger partial charge in [0.2, 0.25) is 0 Å². The zero-order chi connectivity index (χ0) is 12.1. The smallest absolute Gasteiger partial charge is 0.303 e. The average molecular weight is 453 g/mol. The fourth-order valence-electron chi connectivity index (χ4n) is 2.55. The Morgan fingerprint density at radius 1 is 1.18 bits per heavy atom. The Morgan fingerprint density at radius 3 is 2.29 bits per heavy atom. The van der Waals surface area contributed by atoms with Gasteiger partial charge in [-0.15, -0.1) is 5.41 Å². The molecule has 0 atom stereocenters. The molecule has 90 valence electrons. The number of hydrogen-bond donors (Lipinski definition) is 0. The van der Waals surface area contributed by atoms with Crippen LogP contribution in [0.5, 0.6) is 0 Å². The summed E-state index contributed by atoms with van der Waals surface area (Å²) < 4.78 is 0. The molecular formula is C16H23U+. The molecule has 0 nitrogen and oxygen atoms in total. The van der Waals surface area contributed by atoms with Gasteiger partial charge in [0, 0.05) is 0 Å². The van der Waals surface area contributed by atoms with Crippen LogP contribution in [-0.2, 0) is 17.3 Å². The van der Waals surface area contributed by atoms with Gasteiger partial charge in [-0.05, 0) is 11.0 Å². The summed E-state index contributed by atoms with van der Waals surface area (Å²) in [7, 11) is 0. The average Bonchev–Trinajstić information content (AvgIpc) is 2.36. The van der Waals surface area contributed by atoms with Gasteiger partial charge in [-0.1, -0.05) is 63.9 Å². The fourth-order valence-corrected chi connectivity index (χ4v) is 2.55. The van der Waals surface area contributed by atoms with Crippen molar-refractivity contribution in [3.8, 4) is 0 Å². The molecule has 0 N–H and O–H groups in total. The third-order valence-corrected chi connectivity index (χ3v) is 4.17. The van der Waals surface area contributed by atoms with Gasteiger partial charge in [0.1, 0.15) is 0 Å². The molecule has 0 amide bonds. The summed E-state index contributed by atoms with van der Waals surface area (Å²) in [5.41, 5.74) is 5.05. The van der Waals surface area contributed by atoms with E-state index in [2.05, 4.69) is 59.7 Å².